The lowest BCUT2D eigenvalue weighted by Crippen LogP contribution is -2.35. The summed E-state index contributed by atoms with van der Waals surface area (Å²) in [6, 6.07) is 16.3. The number of ether oxygens (including phenoxy) is 2. The normalized spacial score (nSPS) is 14.7. The third-order valence-corrected chi connectivity index (χ3v) is 4.28. The van der Waals surface area contributed by atoms with Crippen molar-refractivity contribution in [3.63, 3.8) is 0 Å². The number of nitrogens with zero attached hydrogens (tertiary/aromatic N) is 1. The summed E-state index contributed by atoms with van der Waals surface area (Å²) in [7, 11) is 0. The molecule has 4 heteroatoms. The van der Waals surface area contributed by atoms with Gasteiger partial charge in [0.25, 0.3) is 0 Å². The van der Waals surface area contributed by atoms with Crippen LogP contribution < -0.4 is 14.8 Å². The standard InChI is InChI=1S/C22H28N2O2/c1-4-19(22-23-13-14-24-22)26-21-12-8-6-10-18(21)17-9-5-7-11-20(17)25-15-16(2)3/h5-12,16,19H,4,13-15H2,1-3H3,(H,23,24). The maximum Gasteiger partial charge on any atom is 0.155 e. The molecule has 0 fully saturated rings. The van der Waals surface area contributed by atoms with Gasteiger partial charge in [0.2, 0.25) is 0 Å². The van der Waals surface area contributed by atoms with Crippen molar-refractivity contribution in [3.8, 4) is 22.6 Å². The van der Waals surface area contributed by atoms with Crippen molar-refractivity contribution in [2.24, 2.45) is 10.9 Å². The molecule has 3 rings (SSSR count). The fourth-order valence-corrected chi connectivity index (χ4v) is 2.98. The molecule has 1 unspecified atom stereocenters. The minimum atomic E-state index is -0.0533. The highest BCUT2D eigenvalue weighted by Crippen LogP contribution is 2.37. The lowest BCUT2D eigenvalue weighted by Gasteiger charge is -2.21. The van der Waals surface area contributed by atoms with Crippen LogP contribution in [0.25, 0.3) is 11.1 Å². The third kappa shape index (κ3) is 4.37. The molecule has 0 radical (unpaired) electrons. The summed E-state index contributed by atoms with van der Waals surface area (Å²) in [5.74, 6) is 3.18. The Morgan fingerprint density at radius 3 is 2.27 bits per heavy atom. The Balaban J connectivity index is 1.90. The fourth-order valence-electron chi connectivity index (χ4n) is 2.98. The topological polar surface area (TPSA) is 42.9 Å². The predicted octanol–water partition coefficient (Wildman–Crippen LogP) is 4.55. The summed E-state index contributed by atoms with van der Waals surface area (Å²) in [6.07, 6.45) is 0.813. The first-order valence-electron chi connectivity index (χ1n) is 9.45. The predicted molar refractivity (Wildman–Crippen MR) is 107 cm³/mol. The zero-order valence-electron chi connectivity index (χ0n) is 15.9. The third-order valence-electron chi connectivity index (χ3n) is 4.28. The number of aliphatic imine (C=N–C) groups is 1. The number of para-hydroxylation sites is 2. The van der Waals surface area contributed by atoms with E-state index in [0.717, 1.165) is 48.0 Å². The van der Waals surface area contributed by atoms with Crippen molar-refractivity contribution < 1.29 is 9.47 Å². The van der Waals surface area contributed by atoms with Crippen LogP contribution in [0, 0.1) is 5.92 Å². The lowest BCUT2D eigenvalue weighted by atomic mass is 10.0. The van der Waals surface area contributed by atoms with Gasteiger partial charge in [0, 0.05) is 17.7 Å². The molecule has 0 aliphatic carbocycles. The Bertz CT molecular complexity index is 755. The molecule has 1 atom stereocenters. The van der Waals surface area contributed by atoms with Gasteiger partial charge in [-0.1, -0.05) is 57.2 Å². The second kappa shape index (κ2) is 8.75. The number of nitrogens with one attached hydrogen (secondary N) is 1. The first-order chi connectivity index (χ1) is 12.7. The van der Waals surface area contributed by atoms with E-state index in [-0.39, 0.29) is 6.10 Å². The highest BCUT2D eigenvalue weighted by Gasteiger charge is 2.21. The van der Waals surface area contributed by atoms with Gasteiger partial charge >= 0.3 is 0 Å². The van der Waals surface area contributed by atoms with Gasteiger partial charge in [0.05, 0.1) is 13.2 Å². The molecule has 1 aliphatic rings. The number of hydrogen-bond acceptors (Lipinski definition) is 4. The first kappa shape index (κ1) is 18.3. The van der Waals surface area contributed by atoms with E-state index in [1.807, 2.05) is 36.4 Å². The van der Waals surface area contributed by atoms with Crippen molar-refractivity contribution in [1.82, 2.24) is 5.32 Å². The Hall–Kier alpha value is -2.49. The molecule has 1 N–H and O–H groups in total. The molecule has 0 spiro atoms. The van der Waals surface area contributed by atoms with Gasteiger partial charge in [0.15, 0.2) is 6.10 Å². The maximum absolute atomic E-state index is 6.36. The van der Waals surface area contributed by atoms with Crippen LogP contribution in [-0.2, 0) is 0 Å². The Morgan fingerprint density at radius 1 is 1.00 bits per heavy atom. The first-order valence-corrected chi connectivity index (χ1v) is 9.45. The Labute approximate surface area is 156 Å². The molecular weight excluding hydrogens is 324 g/mol. The van der Waals surface area contributed by atoms with Crippen LogP contribution in [0.1, 0.15) is 27.2 Å². The SMILES string of the molecule is CCC(Oc1ccccc1-c1ccccc1OCC(C)C)C1=NCCN1. The van der Waals surface area contributed by atoms with E-state index in [4.69, 9.17) is 9.47 Å². The van der Waals surface area contributed by atoms with Crippen LogP contribution in [0.2, 0.25) is 0 Å². The van der Waals surface area contributed by atoms with Crippen LogP contribution in [0.3, 0.4) is 0 Å². The largest absolute Gasteiger partial charge is 0.493 e. The van der Waals surface area contributed by atoms with Crippen molar-refractivity contribution in [3.05, 3.63) is 48.5 Å². The van der Waals surface area contributed by atoms with Crippen molar-refractivity contribution >= 4 is 5.84 Å². The average Bonchev–Trinajstić information content (AvgIpc) is 3.19. The molecule has 138 valence electrons. The van der Waals surface area contributed by atoms with E-state index >= 15 is 0 Å². The molecule has 2 aromatic carbocycles. The van der Waals surface area contributed by atoms with Crippen molar-refractivity contribution in [1.29, 1.82) is 0 Å². The van der Waals surface area contributed by atoms with Gasteiger partial charge in [-0.15, -0.1) is 0 Å². The van der Waals surface area contributed by atoms with E-state index in [2.05, 4.69) is 43.2 Å². The summed E-state index contributed by atoms with van der Waals surface area (Å²) >= 11 is 0. The summed E-state index contributed by atoms with van der Waals surface area (Å²) in [4.78, 5) is 4.53. The number of amidine groups is 1. The van der Waals surface area contributed by atoms with Gasteiger partial charge < -0.3 is 14.8 Å². The highest BCUT2D eigenvalue weighted by atomic mass is 16.5. The maximum atomic E-state index is 6.36. The molecule has 0 saturated heterocycles. The number of benzene rings is 2. The smallest absolute Gasteiger partial charge is 0.155 e. The van der Waals surface area contributed by atoms with Crippen molar-refractivity contribution in [2.75, 3.05) is 19.7 Å². The van der Waals surface area contributed by atoms with Gasteiger partial charge in [-0.3, -0.25) is 4.99 Å². The number of hydrogen-bond donors (Lipinski definition) is 1. The summed E-state index contributed by atoms with van der Waals surface area (Å²) in [5, 5.41) is 3.33. The van der Waals surface area contributed by atoms with Crippen molar-refractivity contribution in [2.45, 2.75) is 33.3 Å². The zero-order chi connectivity index (χ0) is 18.4. The van der Waals surface area contributed by atoms with Crippen LogP contribution in [0.4, 0.5) is 0 Å². The molecule has 0 aromatic heterocycles. The molecule has 1 aliphatic heterocycles. The molecule has 0 amide bonds. The van der Waals surface area contributed by atoms with E-state index < -0.39 is 0 Å². The van der Waals surface area contributed by atoms with Crippen LogP contribution in [0.5, 0.6) is 11.5 Å². The molecule has 1 heterocycles. The second-order valence-corrected chi connectivity index (χ2v) is 6.91. The number of rotatable bonds is 8. The van der Waals surface area contributed by atoms with Crippen LogP contribution in [0.15, 0.2) is 53.5 Å². The quantitative estimate of drug-likeness (QED) is 0.758. The van der Waals surface area contributed by atoms with Gasteiger partial charge in [-0.25, -0.2) is 0 Å². The van der Waals surface area contributed by atoms with Gasteiger partial charge in [-0.2, -0.15) is 0 Å². The van der Waals surface area contributed by atoms with Crippen LogP contribution in [-0.4, -0.2) is 31.6 Å². The minimum absolute atomic E-state index is 0.0533. The highest BCUT2D eigenvalue weighted by molar-refractivity contribution is 5.88. The lowest BCUT2D eigenvalue weighted by molar-refractivity contribution is 0.259. The van der Waals surface area contributed by atoms with E-state index in [1.165, 1.54) is 0 Å². The van der Waals surface area contributed by atoms with Crippen LogP contribution >= 0.6 is 0 Å². The average molecular weight is 352 g/mol. The molecule has 4 nitrogen and oxygen atoms in total. The summed E-state index contributed by atoms with van der Waals surface area (Å²) in [5.41, 5.74) is 2.10. The summed E-state index contributed by atoms with van der Waals surface area (Å²) < 4.78 is 12.4. The second-order valence-electron chi connectivity index (χ2n) is 6.91. The zero-order valence-corrected chi connectivity index (χ0v) is 15.9. The fraction of sp³-hybridized carbons (Fsp3) is 0.409. The van der Waals surface area contributed by atoms with E-state index in [9.17, 15) is 0 Å². The Morgan fingerprint density at radius 2 is 1.65 bits per heavy atom. The molecule has 0 saturated carbocycles. The molecule has 2 aromatic rings. The molecule has 0 bridgehead atoms. The van der Waals surface area contributed by atoms with E-state index in [1.54, 1.807) is 0 Å². The monoisotopic (exact) mass is 352 g/mol. The Kier molecular flexibility index (Phi) is 6.16. The molecular formula is C22H28N2O2. The van der Waals surface area contributed by atoms with Gasteiger partial charge in [0.1, 0.15) is 17.3 Å². The van der Waals surface area contributed by atoms with E-state index in [0.29, 0.717) is 12.5 Å². The molecule has 26 heavy (non-hydrogen) atoms. The minimum Gasteiger partial charge on any atom is -0.493 e. The van der Waals surface area contributed by atoms with Gasteiger partial charge in [-0.05, 0) is 24.5 Å². The summed E-state index contributed by atoms with van der Waals surface area (Å²) in [6.45, 7) is 8.83.